The van der Waals surface area contributed by atoms with Gasteiger partial charge in [-0.05, 0) is 43.9 Å². The number of hydrogen-bond donors (Lipinski definition) is 1. The average molecular weight is 278 g/mol. The van der Waals surface area contributed by atoms with E-state index in [-0.39, 0.29) is 5.69 Å². The second-order valence-corrected chi connectivity index (χ2v) is 5.26. The third-order valence-electron chi connectivity index (χ3n) is 3.47. The van der Waals surface area contributed by atoms with Crippen LogP contribution in [0, 0.1) is 24.5 Å². The van der Waals surface area contributed by atoms with E-state index in [9.17, 15) is 8.78 Å². The Morgan fingerprint density at radius 2 is 2.15 bits per heavy atom. The fourth-order valence-electron chi connectivity index (χ4n) is 2.07. The second kappa shape index (κ2) is 5.28. The van der Waals surface area contributed by atoms with Gasteiger partial charge in [-0.1, -0.05) is 11.3 Å². The average Bonchev–Trinajstić information content (AvgIpc) is 3.13. The van der Waals surface area contributed by atoms with E-state index in [1.165, 1.54) is 25.0 Å². The van der Waals surface area contributed by atoms with Gasteiger partial charge in [0, 0.05) is 6.54 Å². The first kappa shape index (κ1) is 13.2. The van der Waals surface area contributed by atoms with Crippen molar-refractivity contribution in [2.75, 3.05) is 6.54 Å². The lowest BCUT2D eigenvalue weighted by Gasteiger charge is -2.05. The van der Waals surface area contributed by atoms with E-state index in [2.05, 4.69) is 15.6 Å². The van der Waals surface area contributed by atoms with Crippen LogP contribution in [0.3, 0.4) is 0 Å². The van der Waals surface area contributed by atoms with Crippen molar-refractivity contribution in [3.63, 3.8) is 0 Å². The van der Waals surface area contributed by atoms with Gasteiger partial charge in [0.25, 0.3) is 0 Å². The molecular formula is C14H16F2N4. The minimum atomic E-state index is -0.643. The van der Waals surface area contributed by atoms with Crippen molar-refractivity contribution in [1.29, 1.82) is 0 Å². The summed E-state index contributed by atoms with van der Waals surface area (Å²) in [6.45, 7) is 3.11. The predicted octanol–water partition coefficient (Wildman–Crippen LogP) is 2.35. The van der Waals surface area contributed by atoms with E-state index in [4.69, 9.17) is 0 Å². The lowest BCUT2D eigenvalue weighted by molar-refractivity contribution is 0.551. The molecule has 1 aromatic carbocycles. The van der Waals surface area contributed by atoms with Gasteiger partial charge in [0.1, 0.15) is 5.69 Å². The van der Waals surface area contributed by atoms with E-state index in [1.54, 1.807) is 13.1 Å². The summed E-state index contributed by atoms with van der Waals surface area (Å²) in [5, 5.41) is 11.0. The van der Waals surface area contributed by atoms with E-state index >= 15 is 0 Å². The lowest BCUT2D eigenvalue weighted by atomic mass is 10.2. The van der Waals surface area contributed by atoms with Crippen molar-refractivity contribution in [3.8, 4) is 5.69 Å². The van der Waals surface area contributed by atoms with E-state index in [0.717, 1.165) is 17.1 Å². The number of nitrogens with zero attached hydrogens (tertiary/aromatic N) is 3. The van der Waals surface area contributed by atoms with Crippen molar-refractivity contribution in [3.05, 3.63) is 41.2 Å². The zero-order valence-corrected chi connectivity index (χ0v) is 11.2. The Morgan fingerprint density at radius 3 is 2.90 bits per heavy atom. The summed E-state index contributed by atoms with van der Waals surface area (Å²) in [4.78, 5) is 0. The molecule has 0 atom stereocenters. The van der Waals surface area contributed by atoms with Gasteiger partial charge < -0.3 is 5.32 Å². The monoisotopic (exact) mass is 278 g/mol. The minimum Gasteiger partial charge on any atom is -0.311 e. The maximum atomic E-state index is 14.0. The first-order valence-electron chi connectivity index (χ1n) is 6.72. The first-order valence-corrected chi connectivity index (χ1v) is 6.72. The number of nitrogens with one attached hydrogen (secondary N) is 1. The predicted molar refractivity (Wildman–Crippen MR) is 70.4 cm³/mol. The molecule has 1 N–H and O–H groups in total. The van der Waals surface area contributed by atoms with Gasteiger partial charge in [-0.3, -0.25) is 0 Å². The number of aryl methyl sites for hydroxylation is 1. The molecule has 0 unspecified atom stereocenters. The molecule has 0 aliphatic heterocycles. The van der Waals surface area contributed by atoms with Gasteiger partial charge in [-0.2, -0.15) is 0 Å². The van der Waals surface area contributed by atoms with Gasteiger partial charge in [0.15, 0.2) is 11.6 Å². The number of halogens is 2. The van der Waals surface area contributed by atoms with Crippen LogP contribution in [0.4, 0.5) is 8.78 Å². The molecule has 1 saturated carbocycles. The summed E-state index contributed by atoms with van der Waals surface area (Å²) in [6, 6.07) is 2.64. The maximum absolute atomic E-state index is 14.0. The molecule has 20 heavy (non-hydrogen) atoms. The Kier molecular flexibility index (Phi) is 3.48. The zero-order valence-electron chi connectivity index (χ0n) is 11.2. The van der Waals surface area contributed by atoms with Crippen LogP contribution < -0.4 is 5.32 Å². The van der Waals surface area contributed by atoms with E-state index in [1.807, 2.05) is 0 Å². The van der Waals surface area contributed by atoms with E-state index < -0.39 is 11.6 Å². The Bertz CT molecular complexity index is 620. The number of hydrogen-bond acceptors (Lipinski definition) is 3. The molecule has 6 heteroatoms. The smallest absolute Gasteiger partial charge is 0.154 e. The third-order valence-corrected chi connectivity index (χ3v) is 3.47. The van der Waals surface area contributed by atoms with Gasteiger partial charge in [-0.25, -0.2) is 13.5 Å². The fraction of sp³-hybridized carbons (Fsp3) is 0.429. The van der Waals surface area contributed by atoms with Crippen LogP contribution >= 0.6 is 0 Å². The van der Waals surface area contributed by atoms with Crippen LogP contribution in [0.2, 0.25) is 0 Å². The minimum absolute atomic E-state index is 0.175. The Balaban J connectivity index is 1.77. The Morgan fingerprint density at radius 1 is 1.35 bits per heavy atom. The molecule has 0 bridgehead atoms. The quantitative estimate of drug-likeness (QED) is 0.913. The van der Waals surface area contributed by atoms with Crippen LogP contribution in [0.5, 0.6) is 0 Å². The maximum Gasteiger partial charge on any atom is 0.154 e. The molecule has 0 radical (unpaired) electrons. The highest BCUT2D eigenvalue weighted by Gasteiger charge is 2.20. The molecule has 1 aromatic heterocycles. The molecule has 1 heterocycles. The standard InChI is InChI=1S/C14H16F2N4/c1-9-2-5-12(15)14(13(9)16)20-8-11(18-19-20)7-17-6-10-3-4-10/h2,5,8,10,17H,3-4,6-7H2,1H3. The number of rotatable bonds is 5. The van der Waals surface area contributed by atoms with Gasteiger partial charge in [0.2, 0.25) is 0 Å². The highest BCUT2D eigenvalue weighted by atomic mass is 19.1. The van der Waals surface area contributed by atoms with Crippen molar-refractivity contribution < 1.29 is 8.78 Å². The van der Waals surface area contributed by atoms with Crippen LogP contribution in [-0.2, 0) is 6.54 Å². The van der Waals surface area contributed by atoms with Crippen molar-refractivity contribution in [2.45, 2.75) is 26.3 Å². The molecule has 2 aromatic rings. The van der Waals surface area contributed by atoms with Gasteiger partial charge in [0.05, 0.1) is 11.9 Å². The summed E-state index contributed by atoms with van der Waals surface area (Å²) < 4.78 is 28.9. The molecule has 1 fully saturated rings. The Labute approximate surface area is 115 Å². The second-order valence-electron chi connectivity index (χ2n) is 5.26. The summed E-state index contributed by atoms with van der Waals surface area (Å²) >= 11 is 0. The molecule has 0 amide bonds. The summed E-state index contributed by atoms with van der Waals surface area (Å²) in [5.74, 6) is -0.473. The highest BCUT2D eigenvalue weighted by molar-refractivity contribution is 5.38. The lowest BCUT2D eigenvalue weighted by Crippen LogP contribution is -2.16. The molecule has 1 aliphatic rings. The summed E-state index contributed by atoms with van der Waals surface area (Å²) in [5.41, 5.74) is 0.877. The molecule has 3 rings (SSSR count). The van der Waals surface area contributed by atoms with Crippen LogP contribution in [0.15, 0.2) is 18.3 Å². The SMILES string of the molecule is Cc1ccc(F)c(-n2cc(CNCC3CC3)nn2)c1F. The fourth-order valence-corrected chi connectivity index (χ4v) is 2.07. The third kappa shape index (κ3) is 2.70. The summed E-state index contributed by atoms with van der Waals surface area (Å²) in [6.07, 6.45) is 4.11. The molecule has 0 saturated heterocycles. The highest BCUT2D eigenvalue weighted by Crippen LogP contribution is 2.27. The first-order chi connectivity index (χ1) is 9.65. The Hall–Kier alpha value is -1.82. The molecule has 1 aliphatic carbocycles. The van der Waals surface area contributed by atoms with Crippen molar-refractivity contribution >= 4 is 0 Å². The van der Waals surface area contributed by atoms with Crippen molar-refractivity contribution in [1.82, 2.24) is 20.3 Å². The molecular weight excluding hydrogens is 262 g/mol. The molecule has 106 valence electrons. The van der Waals surface area contributed by atoms with Gasteiger partial charge in [-0.15, -0.1) is 5.10 Å². The molecule has 0 spiro atoms. The normalized spacial score (nSPS) is 14.8. The number of benzene rings is 1. The van der Waals surface area contributed by atoms with Crippen molar-refractivity contribution in [2.24, 2.45) is 5.92 Å². The zero-order chi connectivity index (χ0) is 14.1. The van der Waals surface area contributed by atoms with E-state index in [0.29, 0.717) is 17.8 Å². The van der Waals surface area contributed by atoms with Crippen LogP contribution in [0.25, 0.3) is 5.69 Å². The summed E-state index contributed by atoms with van der Waals surface area (Å²) in [7, 11) is 0. The topological polar surface area (TPSA) is 42.7 Å². The largest absolute Gasteiger partial charge is 0.311 e. The van der Waals surface area contributed by atoms with Crippen LogP contribution in [0.1, 0.15) is 24.1 Å². The van der Waals surface area contributed by atoms with Crippen LogP contribution in [-0.4, -0.2) is 21.5 Å². The number of aromatic nitrogens is 3. The molecule has 4 nitrogen and oxygen atoms in total. The van der Waals surface area contributed by atoms with Gasteiger partial charge >= 0.3 is 0 Å².